The summed E-state index contributed by atoms with van der Waals surface area (Å²) in [6, 6.07) is 1.44. The molecule has 2 heterocycles. The zero-order valence-corrected chi connectivity index (χ0v) is 16.3. The van der Waals surface area contributed by atoms with Gasteiger partial charge in [-0.1, -0.05) is 19.8 Å². The second-order valence-electron chi connectivity index (χ2n) is 7.52. The Hall–Kier alpha value is -1.87. The maximum Gasteiger partial charge on any atom is 0.371 e. The fraction of sp³-hybridized carbons (Fsp3) is 0.667. The van der Waals surface area contributed by atoms with Gasteiger partial charge in [-0.15, -0.1) is 0 Å². The largest absolute Gasteiger partial charge is 0.475 e. The highest BCUT2D eigenvalue weighted by atomic mass is 32.2. The molecule has 150 valence electrons. The van der Waals surface area contributed by atoms with E-state index < -0.39 is 32.9 Å². The predicted octanol–water partition coefficient (Wildman–Crippen LogP) is 2.22. The Morgan fingerprint density at radius 3 is 2.63 bits per heavy atom. The zero-order chi connectivity index (χ0) is 19.7. The highest BCUT2D eigenvalue weighted by molar-refractivity contribution is 7.89. The van der Waals surface area contributed by atoms with Crippen molar-refractivity contribution in [3.8, 4) is 0 Å². The summed E-state index contributed by atoms with van der Waals surface area (Å²) >= 11 is 0. The van der Waals surface area contributed by atoms with Gasteiger partial charge in [0.05, 0.1) is 0 Å². The molecule has 1 atom stereocenters. The Morgan fingerprint density at radius 1 is 1.33 bits per heavy atom. The molecule has 2 aliphatic rings. The van der Waals surface area contributed by atoms with Crippen LogP contribution in [0.5, 0.6) is 0 Å². The van der Waals surface area contributed by atoms with Gasteiger partial charge >= 0.3 is 5.97 Å². The first-order chi connectivity index (χ1) is 12.8. The lowest BCUT2D eigenvalue weighted by molar-refractivity contribution is -0.125. The topological polar surface area (TPSA) is 117 Å². The molecular formula is C18H26N2O6S. The van der Waals surface area contributed by atoms with E-state index in [-0.39, 0.29) is 17.9 Å². The van der Waals surface area contributed by atoms with Crippen molar-refractivity contribution in [3.63, 3.8) is 0 Å². The van der Waals surface area contributed by atoms with E-state index in [2.05, 4.69) is 12.2 Å². The molecule has 2 fully saturated rings. The Kier molecular flexibility index (Phi) is 5.62. The molecule has 0 radical (unpaired) electrons. The van der Waals surface area contributed by atoms with Crippen LogP contribution in [0.2, 0.25) is 0 Å². The second kappa shape index (κ2) is 7.63. The zero-order valence-electron chi connectivity index (χ0n) is 15.4. The van der Waals surface area contributed by atoms with Gasteiger partial charge in [0, 0.05) is 13.1 Å². The van der Waals surface area contributed by atoms with Crippen molar-refractivity contribution >= 4 is 21.9 Å². The van der Waals surface area contributed by atoms with Gasteiger partial charge in [-0.05, 0) is 49.7 Å². The van der Waals surface area contributed by atoms with Crippen LogP contribution in [0.25, 0.3) is 0 Å². The number of sulfonamides is 1. The van der Waals surface area contributed by atoms with Crippen LogP contribution in [-0.2, 0) is 14.8 Å². The minimum Gasteiger partial charge on any atom is -0.475 e. The van der Waals surface area contributed by atoms with Gasteiger partial charge in [0.1, 0.15) is 6.04 Å². The summed E-state index contributed by atoms with van der Waals surface area (Å²) in [5, 5.41) is 11.4. The first-order valence-electron chi connectivity index (χ1n) is 9.42. The predicted molar refractivity (Wildman–Crippen MR) is 96.8 cm³/mol. The van der Waals surface area contributed by atoms with Gasteiger partial charge in [-0.3, -0.25) is 4.79 Å². The maximum absolute atomic E-state index is 12.8. The number of rotatable bonds is 8. The molecule has 1 saturated carbocycles. The lowest BCUT2D eigenvalue weighted by Gasteiger charge is -2.42. The average Bonchev–Trinajstić information content (AvgIpc) is 3.26. The summed E-state index contributed by atoms with van der Waals surface area (Å²) in [5.74, 6) is -2.07. The van der Waals surface area contributed by atoms with Crippen LogP contribution >= 0.6 is 0 Å². The van der Waals surface area contributed by atoms with Crippen LogP contribution in [-0.4, -0.2) is 48.8 Å². The molecule has 1 aliphatic heterocycles. The average molecular weight is 398 g/mol. The van der Waals surface area contributed by atoms with E-state index in [0.29, 0.717) is 19.4 Å². The van der Waals surface area contributed by atoms with Crippen molar-refractivity contribution < 1.29 is 27.5 Å². The first-order valence-corrected chi connectivity index (χ1v) is 10.9. The van der Waals surface area contributed by atoms with E-state index in [1.807, 2.05) is 0 Å². The highest BCUT2D eigenvalue weighted by Gasteiger charge is 2.42. The van der Waals surface area contributed by atoms with Crippen molar-refractivity contribution in [2.75, 3.05) is 13.1 Å². The summed E-state index contributed by atoms with van der Waals surface area (Å²) in [5.41, 5.74) is 0.157. The summed E-state index contributed by atoms with van der Waals surface area (Å²) < 4.78 is 31.7. The number of nitrogens with zero attached hydrogens (tertiary/aromatic N) is 1. The van der Waals surface area contributed by atoms with Gasteiger partial charge < -0.3 is 14.8 Å². The fourth-order valence-corrected chi connectivity index (χ4v) is 5.67. The van der Waals surface area contributed by atoms with Gasteiger partial charge in [-0.2, -0.15) is 4.31 Å². The third-order valence-electron chi connectivity index (χ3n) is 5.69. The van der Waals surface area contributed by atoms with Gasteiger partial charge in [0.2, 0.25) is 16.8 Å². The molecule has 8 nitrogen and oxygen atoms in total. The molecule has 2 N–H and O–H groups in total. The normalized spacial score (nSPS) is 22.3. The van der Waals surface area contributed by atoms with Crippen LogP contribution in [0, 0.1) is 5.41 Å². The van der Waals surface area contributed by atoms with Crippen molar-refractivity contribution in [1.82, 2.24) is 9.62 Å². The SMILES string of the molecule is CCCC1(CNC(=O)C2CCCN2S(=O)(=O)c2ccc(C(=O)O)o2)CCC1. The van der Waals surface area contributed by atoms with Crippen LogP contribution in [0.1, 0.15) is 62.4 Å². The van der Waals surface area contributed by atoms with Crippen molar-refractivity contribution in [3.05, 3.63) is 17.9 Å². The van der Waals surface area contributed by atoms with E-state index in [1.165, 1.54) is 6.42 Å². The number of carbonyl (C=O) groups is 2. The second-order valence-corrected chi connectivity index (χ2v) is 9.34. The van der Waals surface area contributed by atoms with E-state index in [9.17, 15) is 18.0 Å². The van der Waals surface area contributed by atoms with Crippen LogP contribution in [0.4, 0.5) is 0 Å². The summed E-state index contributed by atoms with van der Waals surface area (Å²) in [7, 11) is -4.06. The third kappa shape index (κ3) is 3.89. The third-order valence-corrected chi connectivity index (χ3v) is 7.48. The Bertz CT molecular complexity index is 812. The lowest BCUT2D eigenvalue weighted by Crippen LogP contribution is -2.49. The Labute approximate surface area is 159 Å². The number of furan rings is 1. The molecule has 1 amide bonds. The molecule has 1 unspecified atom stereocenters. The number of carbonyl (C=O) groups excluding carboxylic acids is 1. The quantitative estimate of drug-likeness (QED) is 0.693. The van der Waals surface area contributed by atoms with Gasteiger partial charge in [0.15, 0.2) is 0 Å². The fourth-order valence-electron chi connectivity index (χ4n) is 4.09. The Morgan fingerprint density at radius 2 is 2.07 bits per heavy atom. The molecular weight excluding hydrogens is 372 g/mol. The molecule has 1 aromatic heterocycles. The van der Waals surface area contributed by atoms with Crippen molar-refractivity contribution in [2.24, 2.45) is 5.41 Å². The van der Waals surface area contributed by atoms with Crippen molar-refractivity contribution in [2.45, 2.75) is 63.0 Å². The first kappa shape index (κ1) is 19.9. The van der Waals surface area contributed by atoms with Crippen LogP contribution in [0.15, 0.2) is 21.6 Å². The van der Waals surface area contributed by atoms with Crippen LogP contribution in [0.3, 0.4) is 0 Å². The number of carboxylic acid groups (broad SMARTS) is 1. The molecule has 3 rings (SSSR count). The molecule has 1 aromatic rings. The minimum absolute atomic E-state index is 0.157. The highest BCUT2D eigenvalue weighted by Crippen LogP contribution is 2.44. The minimum atomic E-state index is -4.06. The van der Waals surface area contributed by atoms with Gasteiger partial charge in [-0.25, -0.2) is 13.2 Å². The molecule has 1 aliphatic carbocycles. The van der Waals surface area contributed by atoms with E-state index in [4.69, 9.17) is 9.52 Å². The molecule has 0 bridgehead atoms. The molecule has 27 heavy (non-hydrogen) atoms. The molecule has 0 spiro atoms. The number of hydrogen-bond acceptors (Lipinski definition) is 5. The summed E-state index contributed by atoms with van der Waals surface area (Å²) in [6.07, 6.45) is 6.50. The number of aromatic carboxylic acids is 1. The molecule has 9 heteroatoms. The summed E-state index contributed by atoms with van der Waals surface area (Å²) in [4.78, 5) is 23.6. The Balaban J connectivity index is 1.70. The van der Waals surface area contributed by atoms with E-state index in [0.717, 1.165) is 42.1 Å². The standard InChI is InChI=1S/C18H26N2O6S/c1-2-8-18(9-4-10-18)12-19-16(21)13-5-3-11-20(13)27(24,25)15-7-6-14(26-15)17(22)23/h6-7,13H,2-5,8-12H2,1H3,(H,19,21)(H,22,23). The maximum atomic E-state index is 12.8. The summed E-state index contributed by atoms with van der Waals surface area (Å²) in [6.45, 7) is 2.92. The monoisotopic (exact) mass is 398 g/mol. The van der Waals surface area contributed by atoms with Crippen molar-refractivity contribution in [1.29, 1.82) is 0 Å². The molecule has 0 aromatic carbocycles. The number of amides is 1. The number of carboxylic acids is 1. The number of hydrogen-bond donors (Lipinski definition) is 2. The van der Waals surface area contributed by atoms with Gasteiger partial charge in [0.25, 0.3) is 10.0 Å². The lowest BCUT2D eigenvalue weighted by atomic mass is 9.66. The van der Waals surface area contributed by atoms with Crippen LogP contribution < -0.4 is 5.32 Å². The smallest absolute Gasteiger partial charge is 0.371 e. The van der Waals surface area contributed by atoms with E-state index >= 15 is 0 Å². The molecule has 1 saturated heterocycles. The van der Waals surface area contributed by atoms with E-state index in [1.54, 1.807) is 0 Å². The number of nitrogens with one attached hydrogen (secondary N) is 1.